The Balaban J connectivity index is 0.00000529. The molecule has 1 heterocycles. The van der Waals surface area contributed by atoms with Crippen LogP contribution >= 0.6 is 24.0 Å². The summed E-state index contributed by atoms with van der Waals surface area (Å²) in [6, 6.07) is 0.277. The number of hydrogen-bond donors (Lipinski definition) is 2. The van der Waals surface area contributed by atoms with Gasteiger partial charge in [-0.15, -0.1) is 24.0 Å². The summed E-state index contributed by atoms with van der Waals surface area (Å²) in [6.45, 7) is 7.24. The molecular weight excluding hydrogens is 453 g/mol. The van der Waals surface area contributed by atoms with Crippen molar-refractivity contribution < 1.29 is 17.2 Å². The molecule has 1 unspecified atom stereocenters. The van der Waals surface area contributed by atoms with Gasteiger partial charge in [0, 0.05) is 32.7 Å². The fraction of sp³-hybridized carbons (Fsp3) is 0.929. The second kappa shape index (κ2) is 10.7. The summed E-state index contributed by atoms with van der Waals surface area (Å²) in [6.07, 6.45) is 1.13. The SMILES string of the molecule is CN=C(NCC1CCN(S(=O)(=O)C(F)F)CC1)NC(C)C(C)C.I. The normalized spacial score (nSPS) is 19.2. The van der Waals surface area contributed by atoms with Gasteiger partial charge >= 0.3 is 5.76 Å². The molecular formula is C14H29F2IN4O2S. The van der Waals surface area contributed by atoms with E-state index in [-0.39, 0.29) is 49.0 Å². The van der Waals surface area contributed by atoms with Gasteiger partial charge in [-0.1, -0.05) is 13.8 Å². The molecule has 144 valence electrons. The van der Waals surface area contributed by atoms with Crippen LogP contribution in [0.15, 0.2) is 4.99 Å². The van der Waals surface area contributed by atoms with Crippen molar-refractivity contribution >= 4 is 40.0 Å². The number of sulfonamides is 1. The zero-order valence-electron chi connectivity index (χ0n) is 14.6. The lowest BCUT2D eigenvalue weighted by molar-refractivity contribution is 0.204. The predicted molar refractivity (Wildman–Crippen MR) is 103 cm³/mol. The second-order valence-electron chi connectivity index (χ2n) is 6.28. The van der Waals surface area contributed by atoms with E-state index in [2.05, 4.69) is 36.4 Å². The number of hydrogen-bond acceptors (Lipinski definition) is 3. The van der Waals surface area contributed by atoms with E-state index >= 15 is 0 Å². The van der Waals surface area contributed by atoms with Crippen molar-refractivity contribution in [3.63, 3.8) is 0 Å². The van der Waals surface area contributed by atoms with Crippen LogP contribution in [-0.4, -0.2) is 57.2 Å². The summed E-state index contributed by atoms with van der Waals surface area (Å²) in [5.41, 5.74) is 0. The van der Waals surface area contributed by atoms with E-state index in [0.29, 0.717) is 31.3 Å². The molecule has 24 heavy (non-hydrogen) atoms. The van der Waals surface area contributed by atoms with E-state index < -0.39 is 15.8 Å². The van der Waals surface area contributed by atoms with Gasteiger partial charge in [-0.05, 0) is 31.6 Å². The maximum Gasteiger partial charge on any atom is 0.350 e. The van der Waals surface area contributed by atoms with Crippen molar-refractivity contribution in [2.24, 2.45) is 16.8 Å². The minimum atomic E-state index is -4.44. The Morgan fingerprint density at radius 2 is 1.79 bits per heavy atom. The molecule has 10 heteroatoms. The van der Waals surface area contributed by atoms with E-state index in [1.807, 2.05) is 0 Å². The number of nitrogens with one attached hydrogen (secondary N) is 2. The number of aliphatic imine (C=N–C) groups is 1. The van der Waals surface area contributed by atoms with Crippen LogP contribution in [0.2, 0.25) is 0 Å². The minimum absolute atomic E-state index is 0. The van der Waals surface area contributed by atoms with Gasteiger partial charge in [-0.3, -0.25) is 4.99 Å². The highest BCUT2D eigenvalue weighted by atomic mass is 127. The molecule has 0 spiro atoms. The van der Waals surface area contributed by atoms with Crippen LogP contribution in [0.4, 0.5) is 8.78 Å². The first-order valence-electron chi connectivity index (χ1n) is 7.92. The van der Waals surface area contributed by atoms with Crippen molar-refractivity contribution in [3.8, 4) is 0 Å². The molecule has 0 aromatic heterocycles. The highest BCUT2D eigenvalue weighted by Crippen LogP contribution is 2.22. The Bertz CT molecular complexity index is 495. The Morgan fingerprint density at radius 1 is 1.25 bits per heavy atom. The van der Waals surface area contributed by atoms with Crippen LogP contribution in [0, 0.1) is 11.8 Å². The molecule has 0 aliphatic carbocycles. The van der Waals surface area contributed by atoms with Gasteiger partial charge in [0.1, 0.15) is 0 Å². The van der Waals surface area contributed by atoms with Crippen molar-refractivity contribution in [2.75, 3.05) is 26.7 Å². The third-order valence-corrected chi connectivity index (χ3v) is 5.84. The topological polar surface area (TPSA) is 73.8 Å². The van der Waals surface area contributed by atoms with Gasteiger partial charge in [-0.2, -0.15) is 13.1 Å². The summed E-state index contributed by atoms with van der Waals surface area (Å²) in [4.78, 5) is 4.16. The summed E-state index contributed by atoms with van der Waals surface area (Å²) in [7, 11) is -2.75. The monoisotopic (exact) mass is 482 g/mol. The second-order valence-corrected chi connectivity index (χ2v) is 8.18. The maximum atomic E-state index is 12.5. The van der Waals surface area contributed by atoms with Crippen molar-refractivity contribution in [2.45, 2.75) is 45.4 Å². The van der Waals surface area contributed by atoms with Crippen LogP contribution in [0.3, 0.4) is 0 Å². The zero-order valence-corrected chi connectivity index (χ0v) is 17.8. The molecule has 6 nitrogen and oxygen atoms in total. The van der Waals surface area contributed by atoms with Gasteiger partial charge in [-0.25, -0.2) is 8.42 Å². The number of alkyl halides is 2. The van der Waals surface area contributed by atoms with Crippen molar-refractivity contribution in [1.82, 2.24) is 14.9 Å². The average molecular weight is 482 g/mol. The molecule has 1 aliphatic rings. The maximum absolute atomic E-state index is 12.5. The van der Waals surface area contributed by atoms with E-state index in [4.69, 9.17) is 0 Å². The van der Waals surface area contributed by atoms with Crippen LogP contribution in [0.1, 0.15) is 33.6 Å². The lowest BCUT2D eigenvalue weighted by Crippen LogP contribution is -2.47. The summed E-state index contributed by atoms with van der Waals surface area (Å²) >= 11 is 0. The van der Waals surface area contributed by atoms with Gasteiger partial charge in [0.15, 0.2) is 5.96 Å². The lowest BCUT2D eigenvalue weighted by Gasteiger charge is -2.31. The highest BCUT2D eigenvalue weighted by molar-refractivity contribution is 14.0. The van der Waals surface area contributed by atoms with Crippen molar-refractivity contribution in [1.29, 1.82) is 0 Å². The third-order valence-electron chi connectivity index (χ3n) is 4.30. The molecule has 0 amide bonds. The summed E-state index contributed by atoms with van der Waals surface area (Å²) in [5.74, 6) is -1.92. The Labute approximate surface area is 160 Å². The molecule has 0 aromatic rings. The largest absolute Gasteiger partial charge is 0.356 e. The van der Waals surface area contributed by atoms with Crippen LogP contribution in [-0.2, 0) is 10.0 Å². The van der Waals surface area contributed by atoms with E-state index in [1.165, 1.54) is 0 Å². The quantitative estimate of drug-likeness (QED) is 0.346. The standard InChI is InChI=1S/C14H28F2N4O2S.HI/c1-10(2)11(3)19-14(17-4)18-9-12-5-7-20(8-6-12)23(21,22)13(15)16;/h10-13H,5-9H2,1-4H3,(H2,17,18,19);1H. The van der Waals surface area contributed by atoms with Gasteiger partial charge in [0.2, 0.25) is 0 Å². The molecule has 0 aromatic carbocycles. The van der Waals surface area contributed by atoms with Crippen molar-refractivity contribution in [3.05, 3.63) is 0 Å². The molecule has 1 rings (SSSR count). The number of nitrogens with zero attached hydrogens (tertiary/aromatic N) is 2. The van der Waals surface area contributed by atoms with Gasteiger partial charge in [0.05, 0.1) is 0 Å². The van der Waals surface area contributed by atoms with Crippen LogP contribution in [0.25, 0.3) is 0 Å². The third kappa shape index (κ3) is 6.95. The van der Waals surface area contributed by atoms with E-state index in [1.54, 1.807) is 7.05 Å². The van der Waals surface area contributed by atoms with Crippen LogP contribution in [0.5, 0.6) is 0 Å². The molecule has 0 saturated carbocycles. The number of guanidine groups is 1. The lowest BCUT2D eigenvalue weighted by atomic mass is 9.98. The molecule has 1 fully saturated rings. The number of rotatable bonds is 6. The molecule has 1 aliphatic heterocycles. The van der Waals surface area contributed by atoms with Gasteiger partial charge in [0.25, 0.3) is 10.0 Å². The van der Waals surface area contributed by atoms with Crippen LogP contribution < -0.4 is 10.6 Å². The Hall–Kier alpha value is -0.230. The van der Waals surface area contributed by atoms with E-state index in [9.17, 15) is 17.2 Å². The first-order valence-corrected chi connectivity index (χ1v) is 9.43. The first-order chi connectivity index (χ1) is 10.7. The molecule has 2 N–H and O–H groups in total. The minimum Gasteiger partial charge on any atom is -0.356 e. The molecule has 1 atom stereocenters. The predicted octanol–water partition coefficient (Wildman–Crippen LogP) is 2.08. The smallest absolute Gasteiger partial charge is 0.350 e. The number of piperidine rings is 1. The first kappa shape index (κ1) is 23.8. The molecule has 0 radical (unpaired) electrons. The fourth-order valence-electron chi connectivity index (χ4n) is 2.30. The number of halogens is 3. The molecule has 1 saturated heterocycles. The summed E-state index contributed by atoms with van der Waals surface area (Å²) in [5, 5.41) is 6.51. The van der Waals surface area contributed by atoms with E-state index in [0.717, 1.165) is 4.31 Å². The zero-order chi connectivity index (χ0) is 17.6. The Morgan fingerprint density at radius 3 is 2.21 bits per heavy atom. The van der Waals surface area contributed by atoms with Gasteiger partial charge < -0.3 is 10.6 Å². The average Bonchev–Trinajstić information content (AvgIpc) is 2.51. The fourth-order valence-corrected chi connectivity index (χ4v) is 3.24. The highest BCUT2D eigenvalue weighted by Gasteiger charge is 2.34. The summed E-state index contributed by atoms with van der Waals surface area (Å²) < 4.78 is 48.8. The molecule has 0 bridgehead atoms. The Kier molecular flexibility index (Phi) is 10.6.